The number of benzene rings is 2. The van der Waals surface area contributed by atoms with E-state index in [1.165, 1.54) is 5.56 Å². The lowest BCUT2D eigenvalue weighted by Crippen LogP contribution is -2.11. The number of ether oxygens (including phenoxy) is 1. The molecule has 0 aliphatic rings. The van der Waals surface area contributed by atoms with Gasteiger partial charge in [0.2, 0.25) is 5.91 Å². The fourth-order valence-electron chi connectivity index (χ4n) is 2.33. The van der Waals surface area contributed by atoms with Crippen molar-refractivity contribution in [3.63, 3.8) is 0 Å². The Hall–Kier alpha value is -2.29. The summed E-state index contributed by atoms with van der Waals surface area (Å²) in [6, 6.07) is 13.6. The Kier molecular flexibility index (Phi) is 4.41. The molecular weight excluding hydrogens is 250 g/mol. The van der Waals surface area contributed by atoms with Gasteiger partial charge >= 0.3 is 0 Å². The molecule has 2 aromatic rings. The molecule has 0 spiro atoms. The number of hydrogen-bond acceptors (Lipinski definition) is 2. The number of rotatable bonds is 5. The van der Waals surface area contributed by atoms with Crippen LogP contribution in [0.25, 0.3) is 0 Å². The largest absolute Gasteiger partial charge is 0.496 e. The van der Waals surface area contributed by atoms with Crippen molar-refractivity contribution in [1.29, 1.82) is 0 Å². The molecule has 0 saturated heterocycles. The van der Waals surface area contributed by atoms with E-state index in [0.29, 0.717) is 5.56 Å². The molecule has 0 heterocycles. The molecule has 0 aliphatic heterocycles. The van der Waals surface area contributed by atoms with Gasteiger partial charge < -0.3 is 10.5 Å². The summed E-state index contributed by atoms with van der Waals surface area (Å²) in [5, 5.41) is 0. The van der Waals surface area contributed by atoms with Crippen molar-refractivity contribution in [3.8, 4) is 5.75 Å². The summed E-state index contributed by atoms with van der Waals surface area (Å²) in [6.07, 6.45) is 1.65. The van der Waals surface area contributed by atoms with Crippen LogP contribution in [0.4, 0.5) is 0 Å². The van der Waals surface area contributed by atoms with Crippen LogP contribution in [-0.4, -0.2) is 13.0 Å². The van der Waals surface area contributed by atoms with Crippen LogP contribution in [0, 0.1) is 0 Å². The monoisotopic (exact) mass is 269 g/mol. The summed E-state index contributed by atoms with van der Waals surface area (Å²) in [4.78, 5) is 11.2. The molecule has 1 amide bonds. The molecule has 104 valence electrons. The molecule has 0 radical (unpaired) electrons. The molecule has 0 aromatic heterocycles. The van der Waals surface area contributed by atoms with Crippen LogP contribution in [0.1, 0.15) is 34.0 Å². The van der Waals surface area contributed by atoms with E-state index in [1.54, 1.807) is 13.2 Å². The Morgan fingerprint density at radius 2 is 1.85 bits per heavy atom. The molecule has 0 atom stereocenters. The maximum atomic E-state index is 11.2. The Morgan fingerprint density at radius 3 is 2.50 bits per heavy atom. The number of methoxy groups -OCH3 is 1. The highest BCUT2D eigenvalue weighted by molar-refractivity contribution is 5.93. The second kappa shape index (κ2) is 6.24. The maximum absolute atomic E-state index is 11.2. The van der Waals surface area contributed by atoms with Crippen molar-refractivity contribution >= 4 is 5.91 Å². The molecule has 0 saturated carbocycles. The Labute approximate surface area is 119 Å². The molecule has 2 aromatic carbocycles. The summed E-state index contributed by atoms with van der Waals surface area (Å²) < 4.78 is 5.38. The molecule has 0 bridgehead atoms. The van der Waals surface area contributed by atoms with Crippen molar-refractivity contribution in [3.05, 3.63) is 64.7 Å². The lowest BCUT2D eigenvalue weighted by molar-refractivity contribution is 0.1000. The highest BCUT2D eigenvalue weighted by Gasteiger charge is 2.09. The van der Waals surface area contributed by atoms with Crippen LogP contribution in [-0.2, 0) is 12.8 Å². The van der Waals surface area contributed by atoms with E-state index in [1.807, 2.05) is 30.3 Å². The molecule has 2 rings (SSSR count). The molecule has 2 N–H and O–H groups in total. The van der Waals surface area contributed by atoms with E-state index < -0.39 is 0 Å². The first-order valence-electron chi connectivity index (χ1n) is 6.69. The number of carbonyl (C=O) groups is 1. The van der Waals surface area contributed by atoms with Crippen LogP contribution >= 0.6 is 0 Å². The number of hydrogen-bond donors (Lipinski definition) is 1. The molecule has 3 heteroatoms. The summed E-state index contributed by atoms with van der Waals surface area (Å²) in [5.74, 6) is 0.497. The van der Waals surface area contributed by atoms with E-state index in [4.69, 9.17) is 10.5 Å². The minimum absolute atomic E-state index is 0.386. The van der Waals surface area contributed by atoms with E-state index in [-0.39, 0.29) is 5.91 Å². The SMILES string of the molecule is CCc1cc(C(N)=O)ccc1Cc1ccccc1OC. The van der Waals surface area contributed by atoms with Crippen LogP contribution in [0.3, 0.4) is 0 Å². The van der Waals surface area contributed by atoms with Crippen molar-refractivity contribution in [2.45, 2.75) is 19.8 Å². The average molecular weight is 269 g/mol. The predicted octanol–water partition coefficient (Wildman–Crippen LogP) is 2.95. The fourth-order valence-corrected chi connectivity index (χ4v) is 2.33. The van der Waals surface area contributed by atoms with Gasteiger partial charge in [-0.1, -0.05) is 31.2 Å². The second-order valence-corrected chi connectivity index (χ2v) is 4.69. The smallest absolute Gasteiger partial charge is 0.248 e. The molecular formula is C17H19NO2. The quantitative estimate of drug-likeness (QED) is 0.907. The Morgan fingerprint density at radius 1 is 1.10 bits per heavy atom. The van der Waals surface area contributed by atoms with Gasteiger partial charge in [-0.15, -0.1) is 0 Å². The van der Waals surface area contributed by atoms with Gasteiger partial charge in [-0.2, -0.15) is 0 Å². The van der Waals surface area contributed by atoms with E-state index in [2.05, 4.69) is 13.0 Å². The normalized spacial score (nSPS) is 10.3. The van der Waals surface area contributed by atoms with Crippen molar-refractivity contribution in [2.24, 2.45) is 5.73 Å². The van der Waals surface area contributed by atoms with Crippen LogP contribution < -0.4 is 10.5 Å². The molecule has 0 unspecified atom stereocenters. The number of nitrogens with two attached hydrogens (primary N) is 1. The first-order valence-corrected chi connectivity index (χ1v) is 6.69. The molecule has 0 aliphatic carbocycles. The van der Waals surface area contributed by atoms with Gasteiger partial charge in [-0.3, -0.25) is 4.79 Å². The van der Waals surface area contributed by atoms with Crippen LogP contribution in [0.5, 0.6) is 5.75 Å². The third-order valence-electron chi connectivity index (χ3n) is 3.45. The second-order valence-electron chi connectivity index (χ2n) is 4.69. The van der Waals surface area contributed by atoms with Crippen molar-refractivity contribution < 1.29 is 9.53 Å². The van der Waals surface area contributed by atoms with E-state index >= 15 is 0 Å². The van der Waals surface area contributed by atoms with Gasteiger partial charge in [0, 0.05) is 12.0 Å². The predicted molar refractivity (Wildman–Crippen MR) is 80.1 cm³/mol. The van der Waals surface area contributed by atoms with Gasteiger partial charge in [0.25, 0.3) is 0 Å². The van der Waals surface area contributed by atoms with Crippen LogP contribution in [0.15, 0.2) is 42.5 Å². The lowest BCUT2D eigenvalue weighted by atomic mass is 9.95. The zero-order valence-electron chi connectivity index (χ0n) is 11.8. The first kappa shape index (κ1) is 14.1. The highest BCUT2D eigenvalue weighted by atomic mass is 16.5. The number of aryl methyl sites for hydroxylation is 1. The summed E-state index contributed by atoms with van der Waals surface area (Å²) >= 11 is 0. The zero-order chi connectivity index (χ0) is 14.5. The number of primary amides is 1. The maximum Gasteiger partial charge on any atom is 0.248 e. The lowest BCUT2D eigenvalue weighted by Gasteiger charge is -2.12. The minimum Gasteiger partial charge on any atom is -0.496 e. The van der Waals surface area contributed by atoms with Gasteiger partial charge in [-0.05, 0) is 41.3 Å². The Bertz CT molecular complexity index is 620. The number of para-hydroxylation sites is 1. The Balaban J connectivity index is 2.36. The first-order chi connectivity index (χ1) is 9.65. The van der Waals surface area contributed by atoms with Gasteiger partial charge in [-0.25, -0.2) is 0 Å². The standard InChI is InChI=1S/C17H19NO2/c1-3-12-10-15(17(18)19)9-8-13(12)11-14-6-4-5-7-16(14)20-2/h4-10H,3,11H2,1-2H3,(H2,18,19). The van der Waals surface area contributed by atoms with Gasteiger partial charge in [0.15, 0.2) is 0 Å². The van der Waals surface area contributed by atoms with Crippen molar-refractivity contribution in [2.75, 3.05) is 7.11 Å². The van der Waals surface area contributed by atoms with Crippen molar-refractivity contribution in [1.82, 2.24) is 0 Å². The number of carbonyl (C=O) groups excluding carboxylic acids is 1. The summed E-state index contributed by atoms with van der Waals surface area (Å²) in [6.45, 7) is 2.08. The fraction of sp³-hybridized carbons (Fsp3) is 0.235. The zero-order valence-corrected chi connectivity index (χ0v) is 11.8. The molecule has 0 fully saturated rings. The minimum atomic E-state index is -0.386. The number of amides is 1. The van der Waals surface area contributed by atoms with Crippen LogP contribution in [0.2, 0.25) is 0 Å². The van der Waals surface area contributed by atoms with Gasteiger partial charge in [0.05, 0.1) is 7.11 Å². The third-order valence-corrected chi connectivity index (χ3v) is 3.45. The summed E-state index contributed by atoms with van der Waals surface area (Å²) in [7, 11) is 1.68. The van der Waals surface area contributed by atoms with E-state index in [0.717, 1.165) is 29.7 Å². The third kappa shape index (κ3) is 2.99. The average Bonchev–Trinajstić information content (AvgIpc) is 2.48. The molecule has 3 nitrogen and oxygen atoms in total. The molecule has 20 heavy (non-hydrogen) atoms. The topological polar surface area (TPSA) is 52.3 Å². The highest BCUT2D eigenvalue weighted by Crippen LogP contribution is 2.23. The van der Waals surface area contributed by atoms with E-state index in [9.17, 15) is 4.79 Å². The van der Waals surface area contributed by atoms with Gasteiger partial charge in [0.1, 0.15) is 5.75 Å². The summed E-state index contributed by atoms with van der Waals surface area (Å²) in [5.41, 5.74) is 9.36.